The van der Waals surface area contributed by atoms with E-state index in [0.717, 1.165) is 6.20 Å². The lowest BCUT2D eigenvalue weighted by Crippen LogP contribution is -1.93. The minimum Gasteiger partial charge on any atom is -0.358 e. The van der Waals surface area contributed by atoms with Gasteiger partial charge in [-0.25, -0.2) is 9.97 Å². The molecule has 12 heavy (non-hydrogen) atoms. The fourth-order valence-corrected chi connectivity index (χ4v) is 0.603. The van der Waals surface area contributed by atoms with Crippen molar-refractivity contribution in [3.8, 4) is 11.8 Å². The van der Waals surface area contributed by atoms with Crippen LogP contribution >= 0.6 is 0 Å². The maximum Gasteiger partial charge on any atom is 0.341 e. The molecule has 0 aliphatic carbocycles. The summed E-state index contributed by atoms with van der Waals surface area (Å²) in [6, 6.07) is 0. The Labute approximate surface area is 67.9 Å². The Kier molecular flexibility index (Phi) is 2.40. The molecule has 0 fully saturated rings. The predicted octanol–water partition coefficient (Wildman–Crippen LogP) is -0.372. The van der Waals surface area contributed by atoms with Crippen molar-refractivity contribution in [1.29, 1.82) is 0 Å². The third kappa shape index (κ3) is 1.81. The number of hydrogen-bond acceptors (Lipinski definition) is 4. The van der Waals surface area contributed by atoms with Gasteiger partial charge in [-0.05, 0) is 10.8 Å². The Morgan fingerprint density at radius 3 is 3.08 bits per heavy atom. The van der Waals surface area contributed by atoms with Gasteiger partial charge in [0.2, 0.25) is 0 Å². The Hall–Kier alpha value is -1.87. The normalized spacial score (nSPS) is 8.75. The number of aromatic amines is 1. The molecule has 0 aliphatic rings. The summed E-state index contributed by atoms with van der Waals surface area (Å²) in [6.45, 7) is 0.203. The molecular weight excluding hydrogens is 160 g/mol. The number of imidazole rings is 1. The maximum absolute atomic E-state index is 10.1. The number of nitrogens with two attached hydrogens (primary N) is 1. The fraction of sp³-hybridized carbons (Fsp3) is 0.167. The van der Waals surface area contributed by atoms with Gasteiger partial charge in [-0.3, -0.25) is 0 Å². The first-order chi connectivity index (χ1) is 5.74. The molecule has 1 aromatic rings. The van der Waals surface area contributed by atoms with E-state index in [1.165, 1.54) is 0 Å². The van der Waals surface area contributed by atoms with Crippen molar-refractivity contribution in [2.24, 2.45) is 5.73 Å². The highest BCUT2D eigenvalue weighted by molar-refractivity contribution is 5.27. The number of nitro groups is 1. The average Bonchev–Trinajstić information content (AvgIpc) is 2.48. The lowest BCUT2D eigenvalue weighted by atomic mass is 10.5. The molecule has 3 N–H and O–H groups in total. The molecule has 0 saturated carbocycles. The molecule has 6 nitrogen and oxygen atoms in total. The van der Waals surface area contributed by atoms with Gasteiger partial charge in [0, 0.05) is 0 Å². The third-order valence-corrected chi connectivity index (χ3v) is 1.07. The standard InChI is InChI=1S/C6H6N4O2/c7-3-1-2-5-8-4-6(9-5)10(11)12/h4H,3,7H2,(H,8,9). The van der Waals surface area contributed by atoms with Crippen molar-refractivity contribution in [2.75, 3.05) is 6.54 Å². The van der Waals surface area contributed by atoms with Crippen molar-refractivity contribution >= 4 is 5.82 Å². The smallest absolute Gasteiger partial charge is 0.341 e. The molecular formula is C6H6N4O2. The van der Waals surface area contributed by atoms with Crippen molar-refractivity contribution in [3.05, 3.63) is 22.1 Å². The molecule has 62 valence electrons. The summed E-state index contributed by atoms with van der Waals surface area (Å²) in [6.07, 6.45) is 1.11. The molecule has 0 spiro atoms. The van der Waals surface area contributed by atoms with E-state index in [4.69, 9.17) is 5.73 Å². The van der Waals surface area contributed by atoms with Gasteiger partial charge in [-0.15, -0.1) is 0 Å². The average molecular weight is 166 g/mol. The number of rotatable bonds is 1. The Morgan fingerprint density at radius 1 is 1.83 bits per heavy atom. The molecule has 0 aromatic carbocycles. The molecule has 1 rings (SSSR count). The number of nitrogens with one attached hydrogen (secondary N) is 1. The molecule has 0 radical (unpaired) electrons. The van der Waals surface area contributed by atoms with E-state index < -0.39 is 4.92 Å². The van der Waals surface area contributed by atoms with Gasteiger partial charge in [0.15, 0.2) is 0 Å². The highest BCUT2D eigenvalue weighted by atomic mass is 16.6. The highest BCUT2D eigenvalue weighted by Crippen LogP contribution is 2.04. The lowest BCUT2D eigenvalue weighted by Gasteiger charge is -1.83. The van der Waals surface area contributed by atoms with Crippen LogP contribution in [0.4, 0.5) is 5.82 Å². The van der Waals surface area contributed by atoms with Crippen molar-refractivity contribution in [2.45, 2.75) is 0 Å². The monoisotopic (exact) mass is 166 g/mol. The Bertz CT molecular complexity index is 346. The van der Waals surface area contributed by atoms with Crippen molar-refractivity contribution in [3.63, 3.8) is 0 Å². The van der Waals surface area contributed by atoms with Crippen LogP contribution in [-0.2, 0) is 0 Å². The zero-order chi connectivity index (χ0) is 8.97. The van der Waals surface area contributed by atoms with E-state index in [1.807, 2.05) is 0 Å². The van der Waals surface area contributed by atoms with Gasteiger partial charge in [-0.1, -0.05) is 5.92 Å². The number of nitrogens with zero attached hydrogens (tertiary/aromatic N) is 2. The molecule has 0 aliphatic heterocycles. The van der Waals surface area contributed by atoms with E-state index >= 15 is 0 Å². The van der Waals surface area contributed by atoms with Gasteiger partial charge in [0.25, 0.3) is 5.82 Å². The zero-order valence-corrected chi connectivity index (χ0v) is 6.07. The minimum absolute atomic E-state index is 0.170. The number of aromatic nitrogens is 2. The molecule has 0 atom stereocenters. The van der Waals surface area contributed by atoms with Gasteiger partial charge in [-0.2, -0.15) is 0 Å². The van der Waals surface area contributed by atoms with Crippen LogP contribution in [0.2, 0.25) is 0 Å². The third-order valence-electron chi connectivity index (χ3n) is 1.07. The fourth-order valence-electron chi connectivity index (χ4n) is 0.603. The first kappa shape index (κ1) is 8.23. The van der Waals surface area contributed by atoms with Gasteiger partial charge in [0.1, 0.15) is 6.20 Å². The summed E-state index contributed by atoms with van der Waals surface area (Å²) in [4.78, 5) is 15.6. The summed E-state index contributed by atoms with van der Waals surface area (Å²) in [5, 5.41) is 10.1. The number of hydrogen-bond donors (Lipinski definition) is 2. The molecule has 6 heteroatoms. The summed E-state index contributed by atoms with van der Waals surface area (Å²) >= 11 is 0. The maximum atomic E-state index is 10.1. The number of H-pyrrole nitrogens is 1. The SMILES string of the molecule is NCC#Cc1ncc([N+](=O)[O-])[nH]1. The second kappa shape index (κ2) is 3.50. The van der Waals surface area contributed by atoms with Crippen LogP contribution in [0.5, 0.6) is 0 Å². The van der Waals surface area contributed by atoms with Crippen LogP contribution in [0.15, 0.2) is 6.20 Å². The molecule has 1 aromatic heterocycles. The zero-order valence-electron chi connectivity index (χ0n) is 6.07. The van der Waals surface area contributed by atoms with E-state index in [9.17, 15) is 10.1 Å². The largest absolute Gasteiger partial charge is 0.358 e. The predicted molar refractivity (Wildman–Crippen MR) is 41.2 cm³/mol. The summed E-state index contributed by atoms with van der Waals surface area (Å²) in [5.74, 6) is 5.14. The lowest BCUT2D eigenvalue weighted by molar-refractivity contribution is -0.389. The van der Waals surface area contributed by atoms with Crippen LogP contribution in [-0.4, -0.2) is 21.4 Å². The second-order valence-electron chi connectivity index (χ2n) is 1.88. The highest BCUT2D eigenvalue weighted by Gasteiger charge is 2.06. The van der Waals surface area contributed by atoms with Crippen LogP contribution in [0, 0.1) is 22.0 Å². The summed E-state index contributed by atoms with van der Waals surface area (Å²) in [7, 11) is 0. The molecule has 0 saturated heterocycles. The summed E-state index contributed by atoms with van der Waals surface area (Å²) < 4.78 is 0. The molecule has 0 amide bonds. The van der Waals surface area contributed by atoms with E-state index in [0.29, 0.717) is 0 Å². The summed E-state index contributed by atoms with van der Waals surface area (Å²) in [5.41, 5.74) is 5.09. The first-order valence-electron chi connectivity index (χ1n) is 3.12. The van der Waals surface area contributed by atoms with Crippen LogP contribution in [0.3, 0.4) is 0 Å². The molecule has 1 heterocycles. The Morgan fingerprint density at radius 2 is 2.58 bits per heavy atom. The minimum atomic E-state index is -0.569. The Balaban J connectivity index is 2.84. The van der Waals surface area contributed by atoms with Crippen LogP contribution < -0.4 is 5.73 Å². The van der Waals surface area contributed by atoms with Gasteiger partial charge < -0.3 is 15.8 Å². The van der Waals surface area contributed by atoms with Gasteiger partial charge >= 0.3 is 5.82 Å². The van der Waals surface area contributed by atoms with E-state index in [1.54, 1.807) is 0 Å². The topological polar surface area (TPSA) is 97.8 Å². The van der Waals surface area contributed by atoms with E-state index in [2.05, 4.69) is 21.8 Å². The van der Waals surface area contributed by atoms with Crippen LogP contribution in [0.25, 0.3) is 0 Å². The van der Waals surface area contributed by atoms with Gasteiger partial charge in [0.05, 0.1) is 6.54 Å². The molecule has 0 bridgehead atoms. The van der Waals surface area contributed by atoms with Crippen molar-refractivity contribution in [1.82, 2.24) is 9.97 Å². The van der Waals surface area contributed by atoms with Crippen molar-refractivity contribution < 1.29 is 4.92 Å². The quantitative estimate of drug-likeness (QED) is 0.337. The molecule has 0 unspecified atom stereocenters. The second-order valence-corrected chi connectivity index (χ2v) is 1.88. The first-order valence-corrected chi connectivity index (χ1v) is 3.12. The van der Waals surface area contributed by atoms with Crippen LogP contribution in [0.1, 0.15) is 5.82 Å². The van der Waals surface area contributed by atoms with E-state index in [-0.39, 0.29) is 18.2 Å².